The zero-order chi connectivity index (χ0) is 12.1. The van der Waals surface area contributed by atoms with Gasteiger partial charge in [0.1, 0.15) is 0 Å². The second kappa shape index (κ2) is 6.39. The van der Waals surface area contributed by atoms with Gasteiger partial charge in [-0.2, -0.15) is 0 Å². The largest absolute Gasteiger partial charge is 0.377 e. The molecule has 94 valence electrons. The number of rotatable bonds is 6. The van der Waals surface area contributed by atoms with Crippen LogP contribution in [0.3, 0.4) is 0 Å². The number of ether oxygens (including phenoxy) is 2. The molecule has 3 unspecified atom stereocenters. The first-order valence-electron chi connectivity index (χ1n) is 6.13. The smallest absolute Gasteiger partial charge is 0.0997 e. The summed E-state index contributed by atoms with van der Waals surface area (Å²) in [5.41, 5.74) is 1.36. The quantitative estimate of drug-likeness (QED) is 0.574. The minimum Gasteiger partial charge on any atom is -0.377 e. The number of aryl methyl sites for hydroxylation is 1. The molecule has 0 radical (unpaired) electrons. The fourth-order valence-electron chi connectivity index (χ4n) is 2.15. The Morgan fingerprint density at radius 3 is 2.71 bits per heavy atom. The predicted octanol–water partition coefficient (Wildman–Crippen LogP) is 3.03. The van der Waals surface area contributed by atoms with E-state index in [1.807, 2.05) is 6.07 Å². The summed E-state index contributed by atoms with van der Waals surface area (Å²) in [6, 6.07) is 10.5. The van der Waals surface area contributed by atoms with E-state index in [2.05, 4.69) is 24.3 Å². The van der Waals surface area contributed by atoms with E-state index in [4.69, 9.17) is 21.1 Å². The van der Waals surface area contributed by atoms with Gasteiger partial charge in [-0.25, -0.2) is 0 Å². The molecular weight excluding hydrogens is 236 g/mol. The zero-order valence-electron chi connectivity index (χ0n) is 10.1. The molecular formula is C14H19ClO2. The van der Waals surface area contributed by atoms with Gasteiger partial charge < -0.3 is 9.47 Å². The van der Waals surface area contributed by atoms with Gasteiger partial charge in [0.2, 0.25) is 0 Å². The summed E-state index contributed by atoms with van der Waals surface area (Å²) in [5, 5.41) is 0.124. The molecule has 1 fully saturated rings. The molecule has 3 heteroatoms. The fraction of sp³-hybridized carbons (Fsp3) is 0.571. The van der Waals surface area contributed by atoms with Crippen molar-refractivity contribution in [2.24, 2.45) is 0 Å². The highest BCUT2D eigenvalue weighted by atomic mass is 35.5. The monoisotopic (exact) mass is 254 g/mol. The Hall–Kier alpha value is -0.570. The van der Waals surface area contributed by atoms with Crippen LogP contribution >= 0.6 is 11.6 Å². The summed E-state index contributed by atoms with van der Waals surface area (Å²) in [5.74, 6) is 0. The van der Waals surface area contributed by atoms with Crippen molar-refractivity contribution in [2.75, 3.05) is 13.7 Å². The van der Waals surface area contributed by atoms with Crippen molar-refractivity contribution in [1.29, 1.82) is 0 Å². The van der Waals surface area contributed by atoms with Crippen LogP contribution in [0.5, 0.6) is 0 Å². The van der Waals surface area contributed by atoms with Gasteiger partial charge >= 0.3 is 0 Å². The van der Waals surface area contributed by atoms with Gasteiger partial charge in [0.25, 0.3) is 0 Å². The third-order valence-electron chi connectivity index (χ3n) is 3.24. The van der Waals surface area contributed by atoms with Gasteiger partial charge in [0, 0.05) is 13.7 Å². The standard InChI is InChI=1S/C14H19ClO2/c1-16-14-12(15)10-13(14)17-9-5-8-11-6-3-2-4-7-11/h2-4,6-7,12-14H,5,8-10H2,1H3. The third-order valence-corrected chi connectivity index (χ3v) is 3.66. The highest BCUT2D eigenvalue weighted by Crippen LogP contribution is 2.31. The molecule has 2 rings (SSSR count). The van der Waals surface area contributed by atoms with Gasteiger partial charge in [-0.05, 0) is 24.8 Å². The van der Waals surface area contributed by atoms with E-state index >= 15 is 0 Å². The fourth-order valence-corrected chi connectivity index (χ4v) is 2.59. The third kappa shape index (κ3) is 3.44. The highest BCUT2D eigenvalue weighted by Gasteiger charge is 2.40. The van der Waals surface area contributed by atoms with Crippen molar-refractivity contribution in [2.45, 2.75) is 36.8 Å². The summed E-state index contributed by atoms with van der Waals surface area (Å²) >= 11 is 6.01. The van der Waals surface area contributed by atoms with Gasteiger partial charge in [-0.1, -0.05) is 30.3 Å². The molecule has 1 aromatic carbocycles. The van der Waals surface area contributed by atoms with Gasteiger partial charge in [-0.15, -0.1) is 11.6 Å². The molecule has 1 aromatic rings. The van der Waals surface area contributed by atoms with E-state index in [-0.39, 0.29) is 17.6 Å². The summed E-state index contributed by atoms with van der Waals surface area (Å²) in [6.45, 7) is 0.781. The topological polar surface area (TPSA) is 18.5 Å². The van der Waals surface area contributed by atoms with Gasteiger partial charge in [0.15, 0.2) is 0 Å². The number of alkyl halides is 1. The molecule has 0 saturated heterocycles. The minimum absolute atomic E-state index is 0.0772. The van der Waals surface area contributed by atoms with Crippen molar-refractivity contribution >= 4 is 11.6 Å². The molecule has 0 spiro atoms. The first kappa shape index (κ1) is 12.9. The van der Waals surface area contributed by atoms with Crippen molar-refractivity contribution in [1.82, 2.24) is 0 Å². The van der Waals surface area contributed by atoms with Crippen molar-refractivity contribution < 1.29 is 9.47 Å². The van der Waals surface area contributed by atoms with E-state index in [0.717, 1.165) is 25.9 Å². The lowest BCUT2D eigenvalue weighted by molar-refractivity contribution is -0.110. The second-order valence-electron chi connectivity index (χ2n) is 4.45. The molecule has 1 aliphatic rings. The average molecular weight is 255 g/mol. The van der Waals surface area contributed by atoms with Gasteiger partial charge in [-0.3, -0.25) is 0 Å². The number of hydrogen-bond donors (Lipinski definition) is 0. The average Bonchev–Trinajstić information content (AvgIpc) is 2.34. The molecule has 1 aliphatic carbocycles. The predicted molar refractivity (Wildman–Crippen MR) is 69.6 cm³/mol. The van der Waals surface area contributed by atoms with Crippen LogP contribution in [0, 0.1) is 0 Å². The van der Waals surface area contributed by atoms with Crippen molar-refractivity contribution in [3.63, 3.8) is 0 Å². The van der Waals surface area contributed by atoms with Crippen LogP contribution in [-0.2, 0) is 15.9 Å². The highest BCUT2D eigenvalue weighted by molar-refractivity contribution is 6.21. The maximum absolute atomic E-state index is 6.01. The Bertz CT molecular complexity index is 328. The van der Waals surface area contributed by atoms with Crippen LogP contribution in [0.4, 0.5) is 0 Å². The maximum atomic E-state index is 6.01. The molecule has 1 saturated carbocycles. The summed E-state index contributed by atoms with van der Waals surface area (Å²) in [7, 11) is 1.69. The number of halogens is 1. The molecule has 0 aromatic heterocycles. The molecule has 0 amide bonds. The summed E-state index contributed by atoms with van der Waals surface area (Å²) in [4.78, 5) is 0. The SMILES string of the molecule is COC1C(Cl)CC1OCCCc1ccccc1. The van der Waals surface area contributed by atoms with Crippen molar-refractivity contribution in [3.05, 3.63) is 35.9 Å². The Labute approximate surface area is 108 Å². The number of hydrogen-bond acceptors (Lipinski definition) is 2. The van der Waals surface area contributed by atoms with E-state index in [9.17, 15) is 0 Å². The summed E-state index contributed by atoms with van der Waals surface area (Å²) in [6.07, 6.45) is 3.29. The van der Waals surface area contributed by atoms with Crippen molar-refractivity contribution in [3.8, 4) is 0 Å². The number of methoxy groups -OCH3 is 1. The lowest BCUT2D eigenvalue weighted by Gasteiger charge is -2.39. The van der Waals surface area contributed by atoms with Crippen LogP contribution in [0.25, 0.3) is 0 Å². The van der Waals surface area contributed by atoms with E-state index in [0.29, 0.717) is 0 Å². The molecule has 0 bridgehead atoms. The first-order valence-corrected chi connectivity index (χ1v) is 6.57. The molecule has 0 aliphatic heterocycles. The molecule has 17 heavy (non-hydrogen) atoms. The lowest BCUT2D eigenvalue weighted by atomic mass is 9.91. The molecule has 2 nitrogen and oxygen atoms in total. The van der Waals surface area contributed by atoms with E-state index < -0.39 is 0 Å². The van der Waals surface area contributed by atoms with Crippen LogP contribution in [0.15, 0.2) is 30.3 Å². The maximum Gasteiger partial charge on any atom is 0.0997 e. The molecule has 3 atom stereocenters. The Balaban J connectivity index is 1.61. The second-order valence-corrected chi connectivity index (χ2v) is 5.01. The Morgan fingerprint density at radius 2 is 2.06 bits per heavy atom. The van der Waals surface area contributed by atoms with E-state index in [1.54, 1.807) is 7.11 Å². The lowest BCUT2D eigenvalue weighted by Crippen LogP contribution is -2.50. The molecule has 0 heterocycles. The number of benzene rings is 1. The van der Waals surface area contributed by atoms with Gasteiger partial charge in [0.05, 0.1) is 17.6 Å². The first-order chi connectivity index (χ1) is 8.31. The van der Waals surface area contributed by atoms with Crippen LogP contribution in [-0.4, -0.2) is 31.3 Å². The Kier molecular flexibility index (Phi) is 4.84. The zero-order valence-corrected chi connectivity index (χ0v) is 10.9. The normalized spacial score (nSPS) is 27.8. The van der Waals surface area contributed by atoms with E-state index in [1.165, 1.54) is 5.56 Å². The molecule has 0 N–H and O–H groups in total. The van der Waals surface area contributed by atoms with Crippen LogP contribution < -0.4 is 0 Å². The minimum atomic E-state index is 0.0772. The van der Waals surface area contributed by atoms with Crippen LogP contribution in [0.2, 0.25) is 0 Å². The summed E-state index contributed by atoms with van der Waals surface area (Å²) < 4.78 is 11.0. The van der Waals surface area contributed by atoms with Crippen LogP contribution in [0.1, 0.15) is 18.4 Å². The Morgan fingerprint density at radius 1 is 1.29 bits per heavy atom.